The Hall–Kier alpha value is -2.65. The van der Waals surface area contributed by atoms with E-state index in [2.05, 4.69) is 11.4 Å². The number of hydrogen-bond acceptors (Lipinski definition) is 5. The lowest BCUT2D eigenvalue weighted by Gasteiger charge is -2.23. The average Bonchev–Trinajstić information content (AvgIpc) is 3.15. The minimum absolute atomic E-state index is 0.348. The molecule has 1 N–H and O–H groups in total. The molecule has 2 aromatic rings. The van der Waals surface area contributed by atoms with Crippen LogP contribution in [0, 0.1) is 11.3 Å². The van der Waals surface area contributed by atoms with E-state index in [-0.39, 0.29) is 5.91 Å². The highest BCUT2D eigenvalue weighted by atomic mass is 32.1. The van der Waals surface area contributed by atoms with Gasteiger partial charge in [0.05, 0.1) is 11.1 Å². The minimum Gasteiger partial charge on any atom is -0.448 e. The van der Waals surface area contributed by atoms with E-state index in [1.165, 1.54) is 16.2 Å². The number of nitrogens with one attached hydrogen (secondary N) is 1. The molecule has 0 radical (unpaired) electrons. The Morgan fingerprint density at radius 2 is 2.17 bits per heavy atom. The van der Waals surface area contributed by atoms with Gasteiger partial charge < -0.3 is 10.1 Å². The molecule has 2 aliphatic rings. The molecule has 0 saturated heterocycles. The molecule has 2 heterocycles. The number of carbonyl (C=O) groups is 2. The number of ether oxygens (including phenoxy) is 1. The molecule has 1 aliphatic heterocycles. The maximum atomic E-state index is 12.5. The summed E-state index contributed by atoms with van der Waals surface area (Å²) in [5, 5.41) is 12.8. The molecule has 120 valence electrons. The van der Waals surface area contributed by atoms with E-state index < -0.39 is 12.1 Å². The fourth-order valence-electron chi connectivity index (χ4n) is 3.28. The van der Waals surface area contributed by atoms with Crippen molar-refractivity contribution in [2.75, 3.05) is 5.32 Å². The van der Waals surface area contributed by atoms with E-state index in [0.29, 0.717) is 22.5 Å². The Kier molecular flexibility index (Phi) is 3.58. The molecule has 1 unspecified atom stereocenters. The lowest BCUT2D eigenvalue weighted by Crippen LogP contribution is -2.37. The molecule has 1 aliphatic carbocycles. The number of amides is 1. The molecule has 0 bridgehead atoms. The number of rotatable bonds is 2. The number of benzene rings is 1. The quantitative estimate of drug-likeness (QED) is 0.854. The van der Waals surface area contributed by atoms with Gasteiger partial charge in [0.15, 0.2) is 6.10 Å². The van der Waals surface area contributed by atoms with Crippen molar-refractivity contribution >= 4 is 28.2 Å². The van der Waals surface area contributed by atoms with Gasteiger partial charge in [0.25, 0.3) is 5.91 Å². The molecule has 0 fully saturated rings. The highest BCUT2D eigenvalue weighted by molar-refractivity contribution is 7.16. The molecule has 1 aromatic carbocycles. The monoisotopic (exact) mass is 338 g/mol. The maximum absolute atomic E-state index is 12.5. The van der Waals surface area contributed by atoms with Crippen LogP contribution in [-0.2, 0) is 28.8 Å². The van der Waals surface area contributed by atoms with Crippen molar-refractivity contribution in [3.8, 4) is 6.07 Å². The fraction of sp³-hybridized carbons (Fsp3) is 0.278. The van der Waals surface area contributed by atoms with Crippen molar-refractivity contribution in [1.29, 1.82) is 5.26 Å². The van der Waals surface area contributed by atoms with Crippen molar-refractivity contribution < 1.29 is 14.3 Å². The normalized spacial score (nSPS) is 18.3. The summed E-state index contributed by atoms with van der Waals surface area (Å²) in [5.41, 5.74) is 2.93. The zero-order valence-corrected chi connectivity index (χ0v) is 13.6. The highest BCUT2D eigenvalue weighted by Crippen LogP contribution is 2.38. The van der Waals surface area contributed by atoms with Gasteiger partial charge in [-0.1, -0.05) is 18.2 Å². The molecule has 0 spiro atoms. The molecule has 1 atom stereocenters. The third-order valence-corrected chi connectivity index (χ3v) is 5.66. The summed E-state index contributed by atoms with van der Waals surface area (Å²) >= 11 is 1.46. The molecule has 1 aromatic heterocycles. The number of carbonyl (C=O) groups excluding carboxylic acids is 2. The van der Waals surface area contributed by atoms with Crippen molar-refractivity contribution in [3.63, 3.8) is 0 Å². The average molecular weight is 338 g/mol. The third kappa shape index (κ3) is 2.38. The second kappa shape index (κ2) is 5.77. The number of cyclic esters (lactones) is 1. The topological polar surface area (TPSA) is 79.2 Å². The summed E-state index contributed by atoms with van der Waals surface area (Å²) in [6.07, 6.45) is 2.38. The number of anilines is 1. The van der Waals surface area contributed by atoms with Crippen LogP contribution in [0.3, 0.4) is 0 Å². The summed E-state index contributed by atoms with van der Waals surface area (Å²) in [6.45, 7) is 0. The minimum atomic E-state index is -0.865. The van der Waals surface area contributed by atoms with Gasteiger partial charge in [-0.3, -0.25) is 4.79 Å². The summed E-state index contributed by atoms with van der Waals surface area (Å²) in [6, 6.07) is 9.33. The summed E-state index contributed by atoms with van der Waals surface area (Å²) in [7, 11) is 0. The zero-order valence-electron chi connectivity index (χ0n) is 12.8. The molecule has 4 rings (SSSR count). The summed E-state index contributed by atoms with van der Waals surface area (Å²) in [5.74, 6) is -0.861. The number of nitriles is 1. The lowest BCUT2D eigenvalue weighted by atomic mass is 9.98. The first kappa shape index (κ1) is 14.9. The van der Waals surface area contributed by atoms with Gasteiger partial charge in [-0.25, -0.2) is 4.79 Å². The van der Waals surface area contributed by atoms with E-state index in [1.807, 2.05) is 12.1 Å². The van der Waals surface area contributed by atoms with Crippen molar-refractivity contribution in [2.45, 2.75) is 31.8 Å². The highest BCUT2D eigenvalue weighted by Gasteiger charge is 2.32. The Balaban J connectivity index is 1.56. The van der Waals surface area contributed by atoms with Crippen molar-refractivity contribution in [1.82, 2.24) is 0 Å². The van der Waals surface area contributed by atoms with E-state index in [4.69, 9.17) is 4.74 Å². The zero-order chi connectivity index (χ0) is 16.7. The number of thiophene rings is 1. The number of fused-ring (bicyclic) bond motifs is 2. The van der Waals surface area contributed by atoms with Crippen molar-refractivity contribution in [3.05, 3.63) is 51.4 Å². The maximum Gasteiger partial charge on any atom is 0.339 e. The van der Waals surface area contributed by atoms with E-state index >= 15 is 0 Å². The van der Waals surface area contributed by atoms with Crippen LogP contribution in [0.4, 0.5) is 5.00 Å². The predicted molar refractivity (Wildman–Crippen MR) is 89.0 cm³/mol. The van der Waals surface area contributed by atoms with Crippen LogP contribution < -0.4 is 5.32 Å². The van der Waals surface area contributed by atoms with Crippen LogP contribution in [0.5, 0.6) is 0 Å². The molecule has 1 amide bonds. The Morgan fingerprint density at radius 3 is 3.00 bits per heavy atom. The predicted octanol–water partition coefficient (Wildman–Crippen LogP) is 2.83. The number of nitrogens with zero attached hydrogens (tertiary/aromatic N) is 1. The van der Waals surface area contributed by atoms with Crippen LogP contribution in [0.2, 0.25) is 0 Å². The number of esters is 1. The van der Waals surface area contributed by atoms with Gasteiger partial charge in [0.2, 0.25) is 0 Å². The largest absolute Gasteiger partial charge is 0.448 e. The van der Waals surface area contributed by atoms with E-state index in [9.17, 15) is 14.9 Å². The van der Waals surface area contributed by atoms with E-state index in [0.717, 1.165) is 30.4 Å². The molecular formula is C18H14N2O3S. The van der Waals surface area contributed by atoms with Gasteiger partial charge in [0, 0.05) is 11.3 Å². The van der Waals surface area contributed by atoms with E-state index in [1.54, 1.807) is 12.1 Å². The molecule has 5 nitrogen and oxygen atoms in total. The van der Waals surface area contributed by atoms with Gasteiger partial charge in [-0.15, -0.1) is 11.3 Å². The first-order chi connectivity index (χ1) is 11.7. The van der Waals surface area contributed by atoms with Gasteiger partial charge in [0.1, 0.15) is 11.1 Å². The van der Waals surface area contributed by atoms with Crippen LogP contribution >= 0.6 is 11.3 Å². The van der Waals surface area contributed by atoms with Crippen LogP contribution in [0.1, 0.15) is 38.3 Å². The van der Waals surface area contributed by atoms with Crippen LogP contribution in [0.25, 0.3) is 0 Å². The summed E-state index contributed by atoms with van der Waals surface area (Å²) in [4.78, 5) is 25.7. The third-order valence-electron chi connectivity index (χ3n) is 4.45. The second-order valence-corrected chi connectivity index (χ2v) is 7.02. The molecule has 6 heteroatoms. The molecule has 0 saturated carbocycles. The Labute approximate surface area is 142 Å². The SMILES string of the molecule is N#Cc1c(NC(=O)C2Cc3ccccc3C(=O)O2)sc2c1CCC2. The number of aryl methyl sites for hydroxylation is 1. The fourth-order valence-corrected chi connectivity index (χ4v) is 4.52. The van der Waals surface area contributed by atoms with Gasteiger partial charge >= 0.3 is 5.97 Å². The smallest absolute Gasteiger partial charge is 0.339 e. The van der Waals surface area contributed by atoms with Crippen LogP contribution in [0.15, 0.2) is 24.3 Å². The Bertz CT molecular complexity index is 894. The lowest BCUT2D eigenvalue weighted by molar-refractivity contribution is -0.125. The van der Waals surface area contributed by atoms with Crippen LogP contribution in [-0.4, -0.2) is 18.0 Å². The second-order valence-electron chi connectivity index (χ2n) is 5.92. The molecule has 24 heavy (non-hydrogen) atoms. The standard InChI is InChI=1S/C18H14N2O3S/c19-9-13-12-6-3-7-15(12)24-17(13)20-16(21)14-8-10-4-1-2-5-11(10)18(22)23-14/h1-2,4-5,14H,3,6-8H2,(H,20,21). The Morgan fingerprint density at radius 1 is 1.33 bits per heavy atom. The van der Waals surface area contributed by atoms with Crippen molar-refractivity contribution in [2.24, 2.45) is 0 Å². The van der Waals surface area contributed by atoms with Gasteiger partial charge in [-0.2, -0.15) is 5.26 Å². The van der Waals surface area contributed by atoms with Gasteiger partial charge in [-0.05, 0) is 36.5 Å². The molecular weight excluding hydrogens is 324 g/mol. The summed E-state index contributed by atoms with van der Waals surface area (Å²) < 4.78 is 5.27. The first-order valence-corrected chi connectivity index (χ1v) is 8.63. The first-order valence-electron chi connectivity index (χ1n) is 7.81. The number of hydrogen-bond donors (Lipinski definition) is 1.